The Labute approximate surface area is 121 Å². The minimum Gasteiger partial charge on any atom is -0.541 e. The molecule has 1 radical (unpaired) electrons. The lowest BCUT2D eigenvalue weighted by Gasteiger charge is -2.10. The van der Waals surface area contributed by atoms with E-state index in [-0.39, 0.29) is 0 Å². The van der Waals surface area contributed by atoms with Gasteiger partial charge in [0.2, 0.25) is 0 Å². The van der Waals surface area contributed by atoms with E-state index in [1.807, 2.05) is 48.4 Å². The van der Waals surface area contributed by atoms with E-state index in [1.54, 1.807) is 0 Å². The van der Waals surface area contributed by atoms with Crippen molar-refractivity contribution in [1.82, 2.24) is 9.78 Å². The Morgan fingerprint density at radius 1 is 1.35 bits per heavy atom. The Balaban J connectivity index is 2.10. The molecule has 2 aromatic rings. The van der Waals surface area contributed by atoms with Gasteiger partial charge in [-0.1, -0.05) is 12.1 Å². The van der Waals surface area contributed by atoms with E-state index < -0.39 is 9.04 Å². The molecule has 0 aliphatic carbocycles. The predicted octanol–water partition coefficient (Wildman–Crippen LogP) is 3.30. The average molecular weight is 286 g/mol. The van der Waals surface area contributed by atoms with Crippen molar-refractivity contribution in [3.05, 3.63) is 41.7 Å². The van der Waals surface area contributed by atoms with E-state index in [0.29, 0.717) is 0 Å². The molecular weight excluding hydrogens is 266 g/mol. The van der Waals surface area contributed by atoms with E-state index >= 15 is 0 Å². The molecule has 1 aromatic carbocycles. The molecular formula is C15H20N3OSi. The van der Waals surface area contributed by atoms with Crippen molar-refractivity contribution >= 4 is 20.9 Å². The fourth-order valence-electron chi connectivity index (χ4n) is 1.86. The second-order valence-corrected chi connectivity index (χ2v) is 6.89. The summed E-state index contributed by atoms with van der Waals surface area (Å²) in [7, 11) is 1.17. The summed E-state index contributed by atoms with van der Waals surface area (Å²) in [6.07, 6.45) is 4.59. The lowest BCUT2D eigenvalue weighted by atomic mass is 10.2. The van der Waals surface area contributed by atoms with Crippen LogP contribution in [0.3, 0.4) is 0 Å². The quantitative estimate of drug-likeness (QED) is 0.625. The molecule has 5 heteroatoms. The monoisotopic (exact) mass is 286 g/mol. The maximum Gasteiger partial charge on any atom is 0.274 e. The first kappa shape index (κ1) is 14.5. The number of rotatable bonds is 5. The maximum absolute atomic E-state index is 5.85. The second-order valence-electron chi connectivity index (χ2n) is 4.87. The number of aromatic nitrogens is 2. The first-order chi connectivity index (χ1) is 9.58. The Kier molecular flexibility index (Phi) is 4.73. The zero-order valence-corrected chi connectivity index (χ0v) is 13.4. The number of hydrogen-bond acceptors (Lipinski definition) is 3. The molecule has 0 saturated carbocycles. The molecule has 1 aromatic heterocycles. The molecule has 0 aliphatic rings. The van der Waals surface area contributed by atoms with E-state index in [4.69, 9.17) is 4.43 Å². The molecule has 0 spiro atoms. The summed E-state index contributed by atoms with van der Waals surface area (Å²) in [5.74, 6) is 0.866. The van der Waals surface area contributed by atoms with Crippen LogP contribution in [-0.4, -0.2) is 25.0 Å². The number of nitrogens with zero attached hydrogens (tertiary/aromatic N) is 3. The molecule has 0 saturated heterocycles. The zero-order valence-electron chi connectivity index (χ0n) is 12.4. The van der Waals surface area contributed by atoms with E-state index in [9.17, 15) is 0 Å². The molecule has 0 unspecified atom stereocenters. The largest absolute Gasteiger partial charge is 0.541 e. The number of benzene rings is 1. The minimum atomic E-state index is -0.776. The minimum absolute atomic E-state index is 0.776. The van der Waals surface area contributed by atoms with Gasteiger partial charge in [0.1, 0.15) is 11.4 Å². The zero-order chi connectivity index (χ0) is 14.5. The highest BCUT2D eigenvalue weighted by atomic mass is 28.3. The van der Waals surface area contributed by atoms with Gasteiger partial charge in [0, 0.05) is 25.4 Å². The number of aryl methyl sites for hydroxylation is 1. The van der Waals surface area contributed by atoms with Gasteiger partial charge in [0.15, 0.2) is 0 Å². The third-order valence-corrected chi connectivity index (χ3v) is 3.69. The topological polar surface area (TPSA) is 39.4 Å². The number of hydrogen-bond donors (Lipinski definition) is 0. The molecule has 2 rings (SSSR count). The van der Waals surface area contributed by atoms with Crippen molar-refractivity contribution in [2.24, 2.45) is 12.0 Å². The molecule has 0 amide bonds. The second kappa shape index (κ2) is 6.52. The fourth-order valence-corrected chi connectivity index (χ4v) is 2.47. The van der Waals surface area contributed by atoms with Gasteiger partial charge >= 0.3 is 0 Å². The highest BCUT2D eigenvalue weighted by Crippen LogP contribution is 2.27. The summed E-state index contributed by atoms with van der Waals surface area (Å²) in [6.45, 7) is 6.30. The summed E-state index contributed by atoms with van der Waals surface area (Å²) < 4.78 is 7.73. The molecule has 1 heterocycles. The summed E-state index contributed by atoms with van der Waals surface area (Å²) >= 11 is 0. The molecule has 0 bridgehead atoms. The average Bonchev–Trinajstić information content (AvgIpc) is 2.72. The van der Waals surface area contributed by atoms with Gasteiger partial charge in [0.05, 0.1) is 6.20 Å². The molecule has 0 N–H and O–H groups in total. The van der Waals surface area contributed by atoms with Crippen molar-refractivity contribution in [2.75, 3.05) is 0 Å². The van der Waals surface area contributed by atoms with Crippen molar-refractivity contribution in [1.29, 1.82) is 0 Å². The van der Waals surface area contributed by atoms with Gasteiger partial charge in [-0.25, -0.2) is 0 Å². The van der Waals surface area contributed by atoms with Crippen LogP contribution in [0.2, 0.25) is 13.1 Å². The van der Waals surface area contributed by atoms with Crippen molar-refractivity contribution in [3.8, 4) is 5.75 Å². The van der Waals surface area contributed by atoms with Crippen LogP contribution in [0.1, 0.15) is 11.3 Å². The molecule has 4 nitrogen and oxygen atoms in total. The first-order valence-corrected chi connectivity index (χ1v) is 9.06. The van der Waals surface area contributed by atoms with Crippen molar-refractivity contribution < 1.29 is 4.43 Å². The lowest BCUT2D eigenvalue weighted by Crippen LogP contribution is -2.11. The van der Waals surface area contributed by atoms with Gasteiger partial charge in [-0.3, -0.25) is 9.67 Å². The standard InChI is InChI=1S/C15H20N3OSi/c1-12-13(11-17-18(12)2)9-10-16-14-7-5-6-8-15(14)19-20(3)4/h5-8,10-11H,9H2,1-4H3. The Morgan fingerprint density at radius 2 is 2.10 bits per heavy atom. The summed E-state index contributed by atoms with van der Waals surface area (Å²) in [5.41, 5.74) is 3.26. The van der Waals surface area contributed by atoms with Crippen LogP contribution < -0.4 is 4.43 Å². The van der Waals surface area contributed by atoms with E-state index in [0.717, 1.165) is 17.9 Å². The van der Waals surface area contributed by atoms with Crippen LogP contribution in [0.15, 0.2) is 35.5 Å². The number of aliphatic imine (C=N–C) groups is 1. The predicted molar refractivity (Wildman–Crippen MR) is 84.4 cm³/mol. The van der Waals surface area contributed by atoms with E-state index in [2.05, 4.69) is 30.1 Å². The molecule has 105 valence electrons. The van der Waals surface area contributed by atoms with Crippen LogP contribution in [0.4, 0.5) is 5.69 Å². The van der Waals surface area contributed by atoms with Crippen molar-refractivity contribution in [3.63, 3.8) is 0 Å². The fraction of sp³-hybridized carbons (Fsp3) is 0.333. The Bertz CT molecular complexity index is 605. The first-order valence-electron chi connectivity index (χ1n) is 6.65. The third kappa shape index (κ3) is 3.57. The molecule has 20 heavy (non-hydrogen) atoms. The summed E-state index contributed by atoms with van der Waals surface area (Å²) in [4.78, 5) is 4.53. The Hall–Kier alpha value is -1.88. The van der Waals surface area contributed by atoms with Gasteiger partial charge in [0.25, 0.3) is 9.04 Å². The lowest BCUT2D eigenvalue weighted by molar-refractivity contribution is 0.582. The number of para-hydroxylation sites is 2. The third-order valence-electron chi connectivity index (χ3n) is 3.06. The van der Waals surface area contributed by atoms with E-state index in [1.165, 1.54) is 11.3 Å². The Morgan fingerprint density at radius 3 is 2.75 bits per heavy atom. The highest BCUT2D eigenvalue weighted by Gasteiger charge is 2.05. The van der Waals surface area contributed by atoms with Gasteiger partial charge in [-0.05, 0) is 37.7 Å². The SMILES string of the molecule is Cc1c(CC=Nc2ccccc2O[Si](C)C)cnn1C. The normalized spacial score (nSPS) is 11.4. The molecule has 0 aliphatic heterocycles. The van der Waals surface area contributed by atoms with Gasteiger partial charge in [-0.15, -0.1) is 0 Å². The van der Waals surface area contributed by atoms with Crippen LogP contribution in [0.5, 0.6) is 5.75 Å². The van der Waals surface area contributed by atoms with Crippen LogP contribution in [0.25, 0.3) is 0 Å². The van der Waals surface area contributed by atoms with Crippen LogP contribution >= 0.6 is 0 Å². The van der Waals surface area contributed by atoms with Crippen LogP contribution in [-0.2, 0) is 13.5 Å². The highest BCUT2D eigenvalue weighted by molar-refractivity contribution is 6.49. The smallest absolute Gasteiger partial charge is 0.274 e. The van der Waals surface area contributed by atoms with Crippen molar-refractivity contribution in [2.45, 2.75) is 26.4 Å². The maximum atomic E-state index is 5.85. The summed E-state index contributed by atoms with van der Waals surface area (Å²) in [5, 5.41) is 4.23. The van der Waals surface area contributed by atoms with Crippen LogP contribution in [0, 0.1) is 6.92 Å². The molecule has 0 fully saturated rings. The molecule has 0 atom stereocenters. The summed E-state index contributed by atoms with van der Waals surface area (Å²) in [6, 6.07) is 7.91. The van der Waals surface area contributed by atoms with Gasteiger partial charge in [-0.2, -0.15) is 5.10 Å². The van der Waals surface area contributed by atoms with Gasteiger partial charge < -0.3 is 4.43 Å².